The van der Waals surface area contributed by atoms with Crippen LogP contribution in [0.1, 0.15) is 54.3 Å². The Morgan fingerprint density at radius 3 is 2.60 bits per heavy atom. The highest BCUT2D eigenvalue weighted by Crippen LogP contribution is 2.32. The molecule has 25 heavy (non-hydrogen) atoms. The van der Waals surface area contributed by atoms with Crippen molar-refractivity contribution in [3.8, 4) is 5.75 Å². The molecule has 2 aromatic rings. The second-order valence-electron chi connectivity index (χ2n) is 6.39. The van der Waals surface area contributed by atoms with E-state index in [9.17, 15) is 4.79 Å². The normalized spacial score (nSPS) is 14.9. The molecule has 0 radical (unpaired) electrons. The van der Waals surface area contributed by atoms with Gasteiger partial charge in [0.1, 0.15) is 10.8 Å². The number of rotatable bonds is 6. The van der Waals surface area contributed by atoms with Crippen molar-refractivity contribution in [1.29, 1.82) is 0 Å². The molecule has 134 valence electrons. The largest absolute Gasteiger partial charge is 0.497 e. The summed E-state index contributed by atoms with van der Waals surface area (Å²) in [7, 11) is 1.64. The number of hydrogen-bond acceptors (Lipinski definition) is 4. The van der Waals surface area contributed by atoms with Gasteiger partial charge in [-0.15, -0.1) is 11.3 Å². The topological polar surface area (TPSA) is 63.2 Å². The Labute approximate surface area is 152 Å². The number of methoxy groups -OCH3 is 1. The number of amides is 2. The molecule has 1 aliphatic carbocycles. The van der Waals surface area contributed by atoms with E-state index in [-0.39, 0.29) is 6.03 Å². The number of hydrogen-bond donors (Lipinski definition) is 2. The number of urea groups is 1. The van der Waals surface area contributed by atoms with Crippen molar-refractivity contribution < 1.29 is 9.53 Å². The van der Waals surface area contributed by atoms with E-state index >= 15 is 0 Å². The number of carbonyl (C=O) groups excluding carboxylic acids is 1. The summed E-state index contributed by atoms with van der Waals surface area (Å²) in [5.41, 5.74) is 2.24. The molecule has 3 rings (SSSR count). The van der Waals surface area contributed by atoms with Gasteiger partial charge in [-0.25, -0.2) is 9.78 Å². The maximum atomic E-state index is 12.0. The van der Waals surface area contributed by atoms with Crippen LogP contribution in [0.25, 0.3) is 0 Å². The fraction of sp³-hybridized carbons (Fsp3) is 0.474. The first-order valence-electron chi connectivity index (χ1n) is 8.83. The summed E-state index contributed by atoms with van der Waals surface area (Å²) >= 11 is 1.64. The summed E-state index contributed by atoms with van der Waals surface area (Å²) < 4.78 is 5.12. The molecule has 2 amide bonds. The first-order valence-corrected chi connectivity index (χ1v) is 9.71. The average Bonchev–Trinajstić information content (AvgIpc) is 3.15. The Hall–Kier alpha value is -2.08. The minimum absolute atomic E-state index is 0.176. The van der Waals surface area contributed by atoms with Gasteiger partial charge >= 0.3 is 6.03 Å². The van der Waals surface area contributed by atoms with E-state index in [2.05, 4.69) is 16.0 Å². The highest BCUT2D eigenvalue weighted by atomic mass is 32.1. The van der Waals surface area contributed by atoms with Crippen LogP contribution in [-0.4, -0.2) is 18.1 Å². The Morgan fingerprint density at radius 2 is 1.88 bits per heavy atom. The van der Waals surface area contributed by atoms with Crippen molar-refractivity contribution >= 4 is 17.4 Å². The molecular formula is C19H25N3O2S. The SMILES string of the molecule is COc1ccc(CNC(=O)NCc2nc(C3CCCCC3)cs2)cc1. The lowest BCUT2D eigenvalue weighted by Crippen LogP contribution is -2.34. The third kappa shape index (κ3) is 5.19. The second-order valence-corrected chi connectivity index (χ2v) is 7.33. The van der Waals surface area contributed by atoms with Crippen LogP contribution in [0.2, 0.25) is 0 Å². The number of carbonyl (C=O) groups is 1. The first-order chi connectivity index (χ1) is 12.2. The zero-order chi connectivity index (χ0) is 17.5. The molecule has 6 heteroatoms. The van der Waals surface area contributed by atoms with Crippen molar-refractivity contribution in [2.45, 2.75) is 51.1 Å². The highest BCUT2D eigenvalue weighted by Gasteiger charge is 2.18. The summed E-state index contributed by atoms with van der Waals surface area (Å²) in [6, 6.07) is 7.48. The molecule has 0 bridgehead atoms. The Balaban J connectivity index is 1.41. The van der Waals surface area contributed by atoms with E-state index in [1.807, 2.05) is 24.3 Å². The van der Waals surface area contributed by atoms with Crippen LogP contribution in [-0.2, 0) is 13.1 Å². The minimum Gasteiger partial charge on any atom is -0.497 e. The molecule has 1 saturated carbocycles. The number of nitrogens with zero attached hydrogens (tertiary/aromatic N) is 1. The van der Waals surface area contributed by atoms with Gasteiger partial charge in [0.2, 0.25) is 0 Å². The van der Waals surface area contributed by atoms with Gasteiger partial charge in [0, 0.05) is 17.8 Å². The molecule has 1 aliphatic rings. The van der Waals surface area contributed by atoms with Gasteiger partial charge in [-0.1, -0.05) is 31.4 Å². The molecule has 0 unspecified atom stereocenters. The summed E-state index contributed by atoms with van der Waals surface area (Å²) in [5, 5.41) is 8.87. The van der Waals surface area contributed by atoms with Crippen LogP contribution in [0.5, 0.6) is 5.75 Å². The van der Waals surface area contributed by atoms with Gasteiger partial charge in [0.15, 0.2) is 0 Å². The maximum absolute atomic E-state index is 12.0. The first kappa shape index (κ1) is 17.7. The van der Waals surface area contributed by atoms with E-state index in [0.717, 1.165) is 16.3 Å². The van der Waals surface area contributed by atoms with Gasteiger partial charge in [-0.2, -0.15) is 0 Å². The number of ether oxygens (including phenoxy) is 1. The van der Waals surface area contributed by atoms with Crippen molar-refractivity contribution in [2.24, 2.45) is 0 Å². The summed E-state index contributed by atoms with van der Waals surface area (Å²) in [6.45, 7) is 0.965. The quantitative estimate of drug-likeness (QED) is 0.812. The zero-order valence-electron chi connectivity index (χ0n) is 14.6. The second kappa shape index (κ2) is 8.85. The van der Waals surface area contributed by atoms with Crippen LogP contribution in [0.3, 0.4) is 0 Å². The molecule has 0 spiro atoms. The van der Waals surface area contributed by atoms with Gasteiger partial charge in [-0.05, 0) is 30.5 Å². The minimum atomic E-state index is -0.176. The summed E-state index contributed by atoms with van der Waals surface area (Å²) in [4.78, 5) is 16.7. The predicted octanol–water partition coefficient (Wildman–Crippen LogP) is 4.20. The lowest BCUT2D eigenvalue weighted by molar-refractivity contribution is 0.240. The molecule has 5 nitrogen and oxygen atoms in total. The molecule has 1 aromatic carbocycles. The van der Waals surface area contributed by atoms with Gasteiger partial charge in [-0.3, -0.25) is 0 Å². The third-order valence-electron chi connectivity index (χ3n) is 4.61. The molecule has 2 N–H and O–H groups in total. The molecule has 0 atom stereocenters. The average molecular weight is 359 g/mol. The molecular weight excluding hydrogens is 334 g/mol. The van der Waals surface area contributed by atoms with E-state index in [4.69, 9.17) is 9.72 Å². The predicted molar refractivity (Wildman–Crippen MR) is 100 cm³/mol. The molecule has 0 saturated heterocycles. The van der Waals surface area contributed by atoms with Crippen molar-refractivity contribution in [3.63, 3.8) is 0 Å². The lowest BCUT2D eigenvalue weighted by Gasteiger charge is -2.19. The van der Waals surface area contributed by atoms with Crippen molar-refractivity contribution in [2.75, 3.05) is 7.11 Å². The monoisotopic (exact) mass is 359 g/mol. The van der Waals surface area contributed by atoms with E-state index in [1.165, 1.54) is 37.8 Å². The molecule has 1 aromatic heterocycles. The van der Waals surface area contributed by atoms with Crippen molar-refractivity contribution in [1.82, 2.24) is 15.6 Å². The van der Waals surface area contributed by atoms with Crippen LogP contribution in [0.15, 0.2) is 29.6 Å². The maximum Gasteiger partial charge on any atom is 0.315 e. The Morgan fingerprint density at radius 1 is 1.16 bits per heavy atom. The van der Waals surface area contributed by atoms with E-state index in [1.54, 1.807) is 18.4 Å². The van der Waals surface area contributed by atoms with Crippen molar-refractivity contribution in [3.05, 3.63) is 45.9 Å². The van der Waals surface area contributed by atoms with Gasteiger partial charge < -0.3 is 15.4 Å². The molecule has 1 heterocycles. The van der Waals surface area contributed by atoms with Crippen LogP contribution < -0.4 is 15.4 Å². The molecule has 0 aliphatic heterocycles. The molecule has 1 fully saturated rings. The third-order valence-corrected chi connectivity index (χ3v) is 5.47. The smallest absolute Gasteiger partial charge is 0.315 e. The standard InChI is InChI=1S/C19H25N3O2S/c1-24-16-9-7-14(8-10-16)11-20-19(23)21-12-18-22-17(13-25-18)15-5-3-2-4-6-15/h7-10,13,15H,2-6,11-12H2,1H3,(H2,20,21,23). The Bertz CT molecular complexity index is 678. The Kier molecular flexibility index (Phi) is 6.28. The summed E-state index contributed by atoms with van der Waals surface area (Å²) in [6.07, 6.45) is 6.47. The number of aromatic nitrogens is 1. The van der Waals surface area contributed by atoms with Gasteiger partial charge in [0.05, 0.1) is 19.3 Å². The number of benzene rings is 1. The number of thiazole rings is 1. The summed E-state index contributed by atoms with van der Waals surface area (Å²) in [5.74, 6) is 1.42. The van der Waals surface area contributed by atoms with Crippen LogP contribution in [0.4, 0.5) is 4.79 Å². The van der Waals surface area contributed by atoms with Crippen LogP contribution >= 0.6 is 11.3 Å². The lowest BCUT2D eigenvalue weighted by atomic mass is 9.87. The van der Waals surface area contributed by atoms with E-state index < -0.39 is 0 Å². The number of nitrogens with one attached hydrogen (secondary N) is 2. The highest BCUT2D eigenvalue weighted by molar-refractivity contribution is 7.09. The fourth-order valence-corrected chi connectivity index (χ4v) is 3.95. The fourth-order valence-electron chi connectivity index (χ4n) is 3.14. The van der Waals surface area contributed by atoms with E-state index in [0.29, 0.717) is 19.0 Å². The zero-order valence-corrected chi connectivity index (χ0v) is 15.4. The van der Waals surface area contributed by atoms with Gasteiger partial charge in [0.25, 0.3) is 0 Å². The van der Waals surface area contributed by atoms with Crippen LogP contribution in [0, 0.1) is 0 Å².